The number of aliphatic hydroxyl groups excluding tert-OH is 2. The van der Waals surface area contributed by atoms with Gasteiger partial charge < -0.3 is 26.2 Å². The van der Waals surface area contributed by atoms with Crippen molar-refractivity contribution in [2.75, 3.05) is 13.2 Å². The molecule has 10 heteroatoms. The monoisotopic (exact) mass is 564 g/mol. The number of aromatic nitrogens is 3. The number of aryl methyl sites for hydroxylation is 3. The molecule has 40 heavy (non-hydrogen) atoms. The number of aliphatic hydroxyl groups is 2. The first-order chi connectivity index (χ1) is 19.3. The maximum Gasteiger partial charge on any atom is 0.220 e. The van der Waals surface area contributed by atoms with E-state index in [0.29, 0.717) is 38.9 Å². The number of hydrogen-bond acceptors (Lipinski definition) is 9. The van der Waals surface area contributed by atoms with Gasteiger partial charge in [0.15, 0.2) is 0 Å². The topological polar surface area (TPSA) is 132 Å². The molecular formula is C30H40N6O3S. The van der Waals surface area contributed by atoms with Crippen LogP contribution in [0.25, 0.3) is 10.6 Å². The number of fused-ring (bicyclic) bond motifs is 1. The molecule has 1 fully saturated rings. The first kappa shape index (κ1) is 28.8. The Kier molecular flexibility index (Phi) is 9.22. The lowest BCUT2D eigenvalue weighted by atomic mass is 10.1. The highest BCUT2D eigenvalue weighted by Gasteiger charge is 2.32. The van der Waals surface area contributed by atoms with Gasteiger partial charge in [0.1, 0.15) is 10.8 Å². The second-order valence-electron chi connectivity index (χ2n) is 11.1. The van der Waals surface area contributed by atoms with E-state index in [0.717, 1.165) is 46.3 Å². The molecule has 1 amide bonds. The fourth-order valence-corrected chi connectivity index (χ4v) is 6.85. The highest BCUT2D eigenvalue weighted by molar-refractivity contribution is 7.15. The summed E-state index contributed by atoms with van der Waals surface area (Å²) in [7, 11) is 0. The summed E-state index contributed by atoms with van der Waals surface area (Å²) in [5.74, 6) is 0.699. The van der Waals surface area contributed by atoms with Crippen LogP contribution in [0.3, 0.4) is 0 Å². The minimum atomic E-state index is -0.494. The Hall–Kier alpha value is -2.76. The third kappa shape index (κ3) is 6.75. The molecule has 0 saturated heterocycles. The van der Waals surface area contributed by atoms with E-state index in [-0.39, 0.29) is 30.5 Å². The summed E-state index contributed by atoms with van der Waals surface area (Å²) >= 11 is 1.67. The van der Waals surface area contributed by atoms with Gasteiger partial charge in [-0.2, -0.15) is 0 Å². The first-order valence-electron chi connectivity index (χ1n) is 14.2. The number of carbonyl (C=O) groups is 1. The summed E-state index contributed by atoms with van der Waals surface area (Å²) in [5, 5.41) is 30.9. The van der Waals surface area contributed by atoms with Crippen LogP contribution in [0.2, 0.25) is 0 Å². The maximum atomic E-state index is 12.0. The highest BCUT2D eigenvalue weighted by atomic mass is 32.1. The molecule has 2 aromatic heterocycles. The molecule has 2 unspecified atom stereocenters. The minimum absolute atomic E-state index is 0.00573. The number of hydrogen-bond donors (Lipinski definition) is 5. The first-order valence-corrected chi connectivity index (χ1v) is 15.1. The van der Waals surface area contributed by atoms with Crippen LogP contribution >= 0.6 is 11.3 Å². The van der Waals surface area contributed by atoms with E-state index < -0.39 is 6.10 Å². The molecular weight excluding hydrogens is 524 g/mol. The molecule has 5 rings (SSSR count). The van der Waals surface area contributed by atoms with Gasteiger partial charge in [-0.3, -0.25) is 4.79 Å². The number of thiazole rings is 1. The van der Waals surface area contributed by atoms with Crippen LogP contribution in [0.4, 0.5) is 0 Å². The number of carbonyl (C=O) groups excluding carboxylic acids is 1. The zero-order chi connectivity index (χ0) is 28.2. The molecule has 3 aromatic rings. The number of rotatable bonds is 9. The molecule has 1 aromatic carbocycles. The molecule has 5 N–H and O–H groups in total. The molecule has 0 spiro atoms. The summed E-state index contributed by atoms with van der Waals surface area (Å²) in [6.07, 6.45) is 2.69. The van der Waals surface area contributed by atoms with Crippen molar-refractivity contribution in [2.45, 2.75) is 84.2 Å². The molecule has 214 valence electrons. The summed E-state index contributed by atoms with van der Waals surface area (Å²) in [4.78, 5) is 28.1. The summed E-state index contributed by atoms with van der Waals surface area (Å²) in [6, 6.07) is 8.79. The average molecular weight is 565 g/mol. The SMILES string of the molecule is Cc1ccc([C@@H](C)NCc2nc(C)c(-c3nc4c(s3)CCNC(=O)CC4)c(CNC3CC(CO)[C@@H](O)C3)n2)cc1. The van der Waals surface area contributed by atoms with Crippen molar-refractivity contribution in [3.63, 3.8) is 0 Å². The Morgan fingerprint density at radius 2 is 1.88 bits per heavy atom. The van der Waals surface area contributed by atoms with Crippen LogP contribution in [0.15, 0.2) is 24.3 Å². The zero-order valence-corrected chi connectivity index (χ0v) is 24.4. The summed E-state index contributed by atoms with van der Waals surface area (Å²) < 4.78 is 0. The van der Waals surface area contributed by atoms with Gasteiger partial charge in [-0.25, -0.2) is 15.0 Å². The van der Waals surface area contributed by atoms with Crippen LogP contribution < -0.4 is 16.0 Å². The van der Waals surface area contributed by atoms with Crippen LogP contribution in [-0.4, -0.2) is 56.4 Å². The minimum Gasteiger partial charge on any atom is -0.396 e. The second kappa shape index (κ2) is 12.8. The smallest absolute Gasteiger partial charge is 0.220 e. The van der Waals surface area contributed by atoms with Crippen molar-refractivity contribution in [2.24, 2.45) is 5.92 Å². The molecule has 4 atom stereocenters. The molecule has 1 saturated carbocycles. The van der Waals surface area contributed by atoms with Gasteiger partial charge >= 0.3 is 0 Å². The van der Waals surface area contributed by atoms with Gasteiger partial charge in [-0.05, 0) is 45.6 Å². The van der Waals surface area contributed by atoms with E-state index in [1.54, 1.807) is 11.3 Å². The Bertz CT molecular complexity index is 1330. The van der Waals surface area contributed by atoms with E-state index in [1.807, 2.05) is 6.92 Å². The van der Waals surface area contributed by atoms with Gasteiger partial charge in [0.25, 0.3) is 0 Å². The summed E-state index contributed by atoms with van der Waals surface area (Å²) in [6.45, 7) is 7.90. The maximum absolute atomic E-state index is 12.0. The lowest BCUT2D eigenvalue weighted by Gasteiger charge is -2.18. The van der Waals surface area contributed by atoms with E-state index >= 15 is 0 Å². The lowest BCUT2D eigenvalue weighted by Crippen LogP contribution is -2.28. The Balaban J connectivity index is 1.40. The molecule has 0 bridgehead atoms. The van der Waals surface area contributed by atoms with Gasteiger partial charge in [0.05, 0.1) is 35.3 Å². The predicted molar refractivity (Wildman–Crippen MR) is 156 cm³/mol. The lowest BCUT2D eigenvalue weighted by molar-refractivity contribution is -0.121. The summed E-state index contributed by atoms with van der Waals surface area (Å²) in [5.41, 5.74) is 6.15. The fraction of sp³-hybridized carbons (Fsp3) is 0.533. The molecule has 0 radical (unpaired) electrons. The Labute approximate surface area is 239 Å². The van der Waals surface area contributed by atoms with Crippen molar-refractivity contribution >= 4 is 17.2 Å². The molecule has 2 aliphatic rings. The third-order valence-corrected chi connectivity index (χ3v) is 9.24. The third-order valence-electron chi connectivity index (χ3n) is 8.06. The van der Waals surface area contributed by atoms with Crippen LogP contribution in [0.1, 0.15) is 71.1 Å². The van der Waals surface area contributed by atoms with Gasteiger partial charge in [0, 0.05) is 55.4 Å². The standard InChI is InChI=1S/C30H40N6O3S/c1-17-4-6-20(7-5-17)18(2)32-15-27-34-19(3)29(24(35-27)14-33-22-12-21(16-37)25(38)13-22)30-36-23-8-9-28(39)31-11-10-26(23)40-30/h4-7,18,21-22,25,32-33,37-38H,8-16H2,1-3H3,(H,31,39)/t18-,21?,22?,25+/m1/s1. The molecule has 9 nitrogen and oxygen atoms in total. The van der Waals surface area contributed by atoms with Gasteiger partial charge in [-0.1, -0.05) is 29.8 Å². The molecule has 1 aliphatic heterocycles. The second-order valence-corrected chi connectivity index (χ2v) is 12.2. The Morgan fingerprint density at radius 1 is 1.07 bits per heavy atom. The quantitative estimate of drug-likeness (QED) is 0.268. The van der Waals surface area contributed by atoms with E-state index in [4.69, 9.17) is 15.0 Å². The number of amides is 1. The van der Waals surface area contributed by atoms with Gasteiger partial charge in [0.2, 0.25) is 5.91 Å². The number of benzene rings is 1. The van der Waals surface area contributed by atoms with Crippen molar-refractivity contribution in [1.29, 1.82) is 0 Å². The van der Waals surface area contributed by atoms with E-state index in [9.17, 15) is 15.0 Å². The highest BCUT2D eigenvalue weighted by Crippen LogP contribution is 2.34. The van der Waals surface area contributed by atoms with Crippen molar-refractivity contribution < 1.29 is 15.0 Å². The van der Waals surface area contributed by atoms with Gasteiger partial charge in [-0.15, -0.1) is 11.3 Å². The molecule has 3 heterocycles. The van der Waals surface area contributed by atoms with Crippen LogP contribution in [0.5, 0.6) is 0 Å². The Morgan fingerprint density at radius 3 is 2.62 bits per heavy atom. The number of nitrogens with one attached hydrogen (secondary N) is 3. The largest absolute Gasteiger partial charge is 0.396 e. The average Bonchev–Trinajstić information content (AvgIpc) is 3.50. The fourth-order valence-electron chi connectivity index (χ4n) is 5.62. The predicted octanol–water partition coefficient (Wildman–Crippen LogP) is 2.89. The van der Waals surface area contributed by atoms with Crippen molar-refractivity contribution in [3.8, 4) is 10.6 Å². The number of nitrogens with zero attached hydrogens (tertiary/aromatic N) is 3. The van der Waals surface area contributed by atoms with E-state index in [1.165, 1.54) is 16.0 Å². The normalized spacial score (nSPS) is 21.9. The van der Waals surface area contributed by atoms with Crippen LogP contribution in [-0.2, 0) is 30.7 Å². The zero-order valence-electron chi connectivity index (χ0n) is 23.5. The van der Waals surface area contributed by atoms with Crippen LogP contribution in [0, 0.1) is 19.8 Å². The van der Waals surface area contributed by atoms with E-state index in [2.05, 4.69) is 54.1 Å². The molecule has 1 aliphatic carbocycles. The van der Waals surface area contributed by atoms with Crippen molar-refractivity contribution in [1.82, 2.24) is 30.9 Å². The van der Waals surface area contributed by atoms with Crippen molar-refractivity contribution in [3.05, 3.63) is 63.2 Å².